The Bertz CT molecular complexity index is 926. The zero-order valence-electron chi connectivity index (χ0n) is 14.2. The monoisotopic (exact) mass is 351 g/mol. The second-order valence-corrected chi connectivity index (χ2v) is 5.71. The first-order valence-corrected chi connectivity index (χ1v) is 8.17. The Balaban J connectivity index is 1.54. The second kappa shape index (κ2) is 6.83. The Morgan fingerprint density at radius 1 is 1.12 bits per heavy atom. The van der Waals surface area contributed by atoms with Crippen molar-refractivity contribution in [2.24, 2.45) is 0 Å². The van der Waals surface area contributed by atoms with Gasteiger partial charge < -0.3 is 9.47 Å². The van der Waals surface area contributed by atoms with Crippen LogP contribution in [0.5, 0.6) is 11.8 Å². The Morgan fingerprint density at radius 2 is 1.92 bits per heavy atom. The first-order valence-electron chi connectivity index (χ1n) is 8.17. The summed E-state index contributed by atoms with van der Waals surface area (Å²) in [5.74, 6) is 0.927. The van der Waals surface area contributed by atoms with Gasteiger partial charge in [-0.3, -0.25) is 14.4 Å². The Kier molecular flexibility index (Phi) is 4.22. The molecule has 4 rings (SSSR count). The van der Waals surface area contributed by atoms with Crippen LogP contribution in [0.15, 0.2) is 48.8 Å². The molecule has 0 radical (unpaired) electrons. The molecule has 1 aromatic carbocycles. The quantitative estimate of drug-likeness (QED) is 0.698. The van der Waals surface area contributed by atoms with Crippen LogP contribution in [0.25, 0.3) is 0 Å². The zero-order valence-corrected chi connectivity index (χ0v) is 14.2. The summed E-state index contributed by atoms with van der Waals surface area (Å²) in [4.78, 5) is 22.7. The van der Waals surface area contributed by atoms with Crippen molar-refractivity contribution in [2.45, 2.75) is 13.2 Å². The van der Waals surface area contributed by atoms with Crippen LogP contribution < -0.4 is 14.4 Å². The van der Waals surface area contributed by atoms with E-state index in [9.17, 15) is 4.79 Å². The fourth-order valence-corrected chi connectivity index (χ4v) is 2.82. The second-order valence-electron chi connectivity index (χ2n) is 5.71. The van der Waals surface area contributed by atoms with E-state index in [1.165, 1.54) is 19.5 Å². The molecule has 0 fully saturated rings. The summed E-state index contributed by atoms with van der Waals surface area (Å²) in [7, 11) is 1.50. The van der Waals surface area contributed by atoms with Crippen LogP contribution in [0, 0.1) is 0 Å². The van der Waals surface area contributed by atoms with Crippen molar-refractivity contribution in [3.05, 3.63) is 60.0 Å². The van der Waals surface area contributed by atoms with Crippen LogP contribution >= 0.6 is 0 Å². The number of ether oxygens (including phenoxy) is 2. The number of fused-ring (bicyclic) bond motifs is 1. The third-order valence-corrected chi connectivity index (χ3v) is 4.08. The highest BCUT2D eigenvalue weighted by Gasteiger charge is 2.30. The van der Waals surface area contributed by atoms with Gasteiger partial charge in [0, 0.05) is 25.0 Å². The molecule has 2 aromatic heterocycles. The van der Waals surface area contributed by atoms with Gasteiger partial charge in [-0.2, -0.15) is 0 Å². The van der Waals surface area contributed by atoms with E-state index in [-0.39, 0.29) is 5.91 Å². The molecular weight excluding hydrogens is 334 g/mol. The van der Waals surface area contributed by atoms with Gasteiger partial charge in [0.1, 0.15) is 12.3 Å². The first kappa shape index (κ1) is 16.1. The fourth-order valence-electron chi connectivity index (χ4n) is 2.82. The van der Waals surface area contributed by atoms with Gasteiger partial charge in [0.15, 0.2) is 5.82 Å². The molecule has 132 valence electrons. The molecule has 1 aliphatic heterocycles. The summed E-state index contributed by atoms with van der Waals surface area (Å²) in [5.41, 5.74) is 1.49. The number of hydrogen-bond acceptors (Lipinski definition) is 6. The molecule has 0 bridgehead atoms. The minimum absolute atomic E-state index is 0.211. The predicted molar refractivity (Wildman–Crippen MR) is 93.3 cm³/mol. The molecule has 0 saturated carbocycles. The van der Waals surface area contributed by atoms with E-state index < -0.39 is 0 Å². The highest BCUT2D eigenvalue weighted by molar-refractivity contribution is 6.05. The SMILES string of the molecule is COc1nccnc1N1CCn2nc(OCc3ccccc3)cc2C1=O. The van der Waals surface area contributed by atoms with Crippen LogP contribution in [0.3, 0.4) is 0 Å². The molecule has 1 aliphatic rings. The van der Waals surface area contributed by atoms with Gasteiger partial charge in [-0.25, -0.2) is 9.97 Å². The van der Waals surface area contributed by atoms with Gasteiger partial charge in [-0.05, 0) is 5.56 Å². The lowest BCUT2D eigenvalue weighted by molar-refractivity contribution is 0.0960. The topological polar surface area (TPSA) is 82.4 Å². The minimum atomic E-state index is -0.211. The van der Waals surface area contributed by atoms with Gasteiger partial charge in [0.05, 0.1) is 13.7 Å². The molecule has 0 saturated heterocycles. The number of anilines is 1. The molecule has 0 N–H and O–H groups in total. The van der Waals surface area contributed by atoms with Crippen molar-refractivity contribution in [2.75, 3.05) is 18.6 Å². The fraction of sp³-hybridized carbons (Fsp3) is 0.222. The van der Waals surface area contributed by atoms with E-state index in [2.05, 4.69) is 15.1 Å². The van der Waals surface area contributed by atoms with Crippen molar-refractivity contribution in [3.63, 3.8) is 0 Å². The third kappa shape index (κ3) is 2.97. The molecule has 8 heteroatoms. The van der Waals surface area contributed by atoms with Crippen molar-refractivity contribution in [1.29, 1.82) is 0 Å². The number of benzene rings is 1. The van der Waals surface area contributed by atoms with Crippen LogP contribution in [-0.4, -0.2) is 39.3 Å². The summed E-state index contributed by atoms with van der Waals surface area (Å²) in [6.45, 7) is 1.36. The molecule has 3 aromatic rings. The lowest BCUT2D eigenvalue weighted by atomic mass is 10.2. The summed E-state index contributed by atoms with van der Waals surface area (Å²) < 4.78 is 12.6. The number of hydrogen-bond donors (Lipinski definition) is 0. The molecule has 3 heterocycles. The van der Waals surface area contributed by atoms with E-state index in [1.54, 1.807) is 15.6 Å². The lowest BCUT2D eigenvalue weighted by Gasteiger charge is -2.26. The summed E-state index contributed by atoms with van der Waals surface area (Å²) >= 11 is 0. The van der Waals surface area contributed by atoms with Crippen LogP contribution in [0.1, 0.15) is 16.1 Å². The van der Waals surface area contributed by atoms with E-state index in [4.69, 9.17) is 9.47 Å². The van der Waals surface area contributed by atoms with Crippen molar-refractivity contribution < 1.29 is 14.3 Å². The number of nitrogens with zero attached hydrogens (tertiary/aromatic N) is 5. The molecule has 0 atom stereocenters. The Morgan fingerprint density at radius 3 is 2.73 bits per heavy atom. The maximum atomic E-state index is 12.9. The highest BCUT2D eigenvalue weighted by atomic mass is 16.5. The largest absolute Gasteiger partial charge is 0.478 e. The van der Waals surface area contributed by atoms with Gasteiger partial charge in [0.25, 0.3) is 11.8 Å². The standard InChI is InChI=1S/C18H17N5O3/c1-25-17-16(19-7-8-20-17)22-9-10-23-14(18(22)24)11-15(21-23)26-12-13-5-3-2-4-6-13/h2-8,11H,9-10,12H2,1H3. The molecule has 0 aliphatic carbocycles. The zero-order chi connectivity index (χ0) is 17.9. The van der Waals surface area contributed by atoms with Crippen molar-refractivity contribution >= 4 is 11.7 Å². The van der Waals surface area contributed by atoms with Gasteiger partial charge in [0.2, 0.25) is 5.88 Å². The Hall–Kier alpha value is -3.42. The van der Waals surface area contributed by atoms with Crippen LogP contribution in [0.2, 0.25) is 0 Å². The molecule has 8 nitrogen and oxygen atoms in total. The maximum absolute atomic E-state index is 12.9. The first-order chi connectivity index (χ1) is 12.8. The molecule has 26 heavy (non-hydrogen) atoms. The number of carbonyl (C=O) groups excluding carboxylic acids is 1. The highest BCUT2D eigenvalue weighted by Crippen LogP contribution is 2.27. The number of carbonyl (C=O) groups is 1. The number of rotatable bonds is 5. The van der Waals surface area contributed by atoms with Gasteiger partial charge in [-0.15, -0.1) is 5.10 Å². The molecular formula is C18H17N5O3. The van der Waals surface area contributed by atoms with Crippen molar-refractivity contribution in [3.8, 4) is 11.8 Å². The number of amides is 1. The van der Waals surface area contributed by atoms with Crippen molar-refractivity contribution in [1.82, 2.24) is 19.7 Å². The van der Waals surface area contributed by atoms with E-state index in [0.717, 1.165) is 5.56 Å². The summed E-state index contributed by atoms with van der Waals surface area (Å²) in [6.07, 6.45) is 3.06. The average Bonchev–Trinajstić information content (AvgIpc) is 3.12. The van der Waals surface area contributed by atoms with Gasteiger partial charge >= 0.3 is 0 Å². The summed E-state index contributed by atoms with van der Waals surface area (Å²) in [5, 5.41) is 4.37. The van der Waals surface area contributed by atoms with E-state index >= 15 is 0 Å². The van der Waals surface area contributed by atoms with E-state index in [1.807, 2.05) is 30.3 Å². The lowest BCUT2D eigenvalue weighted by Crippen LogP contribution is -2.41. The smallest absolute Gasteiger partial charge is 0.278 e. The number of methoxy groups -OCH3 is 1. The molecule has 1 amide bonds. The van der Waals surface area contributed by atoms with Gasteiger partial charge in [-0.1, -0.05) is 30.3 Å². The molecule has 0 unspecified atom stereocenters. The average molecular weight is 351 g/mol. The van der Waals surface area contributed by atoms with Crippen LogP contribution in [-0.2, 0) is 13.2 Å². The summed E-state index contributed by atoms with van der Waals surface area (Å²) in [6, 6.07) is 11.5. The Labute approximate surface area is 150 Å². The normalized spacial score (nSPS) is 13.4. The third-order valence-electron chi connectivity index (χ3n) is 4.08. The number of aromatic nitrogens is 4. The predicted octanol–water partition coefficient (Wildman–Crippen LogP) is 1.92. The molecule has 0 spiro atoms. The maximum Gasteiger partial charge on any atom is 0.278 e. The minimum Gasteiger partial charge on any atom is -0.478 e. The van der Waals surface area contributed by atoms with E-state index in [0.29, 0.717) is 43.0 Å². The van der Waals surface area contributed by atoms with Crippen LogP contribution in [0.4, 0.5) is 5.82 Å².